The van der Waals surface area contributed by atoms with Gasteiger partial charge >= 0.3 is 23.1 Å². The standard InChI is InChI=1S/C12H17.BrH.Mg/c1-5-10-6-8-11(9-7-10)12(2,3)4;;/h6-9H,2,5H2,1,3-4H3;1H;/q-1;;+2/p-1. The Balaban J connectivity index is 0. The number of benzene rings is 1. The van der Waals surface area contributed by atoms with Crippen LogP contribution in [0.15, 0.2) is 24.3 Å². The van der Waals surface area contributed by atoms with Crippen molar-refractivity contribution in [3.63, 3.8) is 0 Å². The summed E-state index contributed by atoms with van der Waals surface area (Å²) in [6.07, 6.45) is 1.11. The third kappa shape index (κ3) is 4.81. The molecule has 0 atom stereocenters. The molecule has 0 saturated heterocycles. The van der Waals surface area contributed by atoms with Crippen molar-refractivity contribution in [3.05, 3.63) is 42.3 Å². The van der Waals surface area contributed by atoms with E-state index in [0.29, 0.717) is 0 Å². The minimum atomic E-state index is 0. The van der Waals surface area contributed by atoms with Gasteiger partial charge in [0.15, 0.2) is 0 Å². The summed E-state index contributed by atoms with van der Waals surface area (Å²) in [7, 11) is 0. The summed E-state index contributed by atoms with van der Waals surface area (Å²) in [5.41, 5.74) is 2.73. The molecule has 0 N–H and O–H groups in total. The molecule has 0 fully saturated rings. The average Bonchev–Trinajstić information content (AvgIpc) is 2.03. The molecule has 0 heterocycles. The summed E-state index contributed by atoms with van der Waals surface area (Å²) in [6, 6.07) is 8.71. The second kappa shape index (κ2) is 6.86. The van der Waals surface area contributed by atoms with Crippen LogP contribution in [0.25, 0.3) is 0 Å². The summed E-state index contributed by atoms with van der Waals surface area (Å²) < 4.78 is 0. The second-order valence-electron chi connectivity index (χ2n) is 3.93. The van der Waals surface area contributed by atoms with Crippen LogP contribution >= 0.6 is 0 Å². The molecule has 14 heavy (non-hydrogen) atoms. The molecule has 0 amide bonds. The maximum absolute atomic E-state index is 4.10. The molecule has 1 rings (SSSR count). The van der Waals surface area contributed by atoms with Gasteiger partial charge in [-0.2, -0.15) is 0 Å². The van der Waals surface area contributed by atoms with E-state index in [2.05, 4.69) is 52.0 Å². The number of hydrogen-bond acceptors (Lipinski definition) is 0. The first-order valence-corrected chi connectivity index (χ1v) is 4.49. The van der Waals surface area contributed by atoms with Crippen molar-refractivity contribution in [1.82, 2.24) is 0 Å². The predicted molar refractivity (Wildman–Crippen MR) is 60.0 cm³/mol. The van der Waals surface area contributed by atoms with Crippen molar-refractivity contribution >= 4 is 23.1 Å². The van der Waals surface area contributed by atoms with Crippen molar-refractivity contribution in [1.29, 1.82) is 0 Å². The van der Waals surface area contributed by atoms with E-state index in [9.17, 15) is 0 Å². The summed E-state index contributed by atoms with van der Waals surface area (Å²) in [5.74, 6) is 0. The van der Waals surface area contributed by atoms with Crippen LogP contribution in [0, 0.1) is 6.92 Å². The zero-order valence-corrected chi connectivity index (χ0v) is 12.3. The van der Waals surface area contributed by atoms with E-state index in [1.165, 1.54) is 11.1 Å². The molecule has 0 saturated carbocycles. The largest absolute Gasteiger partial charge is 2.00 e. The van der Waals surface area contributed by atoms with Gasteiger partial charge in [-0.15, -0.1) is 5.41 Å². The van der Waals surface area contributed by atoms with Crippen LogP contribution in [-0.2, 0) is 11.8 Å². The fourth-order valence-electron chi connectivity index (χ4n) is 1.19. The molecule has 74 valence electrons. The third-order valence-corrected chi connectivity index (χ3v) is 2.14. The van der Waals surface area contributed by atoms with E-state index >= 15 is 0 Å². The maximum Gasteiger partial charge on any atom is 2.00 e. The van der Waals surface area contributed by atoms with Gasteiger partial charge in [-0.25, -0.2) is 0 Å². The van der Waals surface area contributed by atoms with E-state index in [4.69, 9.17) is 0 Å². The van der Waals surface area contributed by atoms with Gasteiger partial charge in [-0.1, -0.05) is 50.6 Å². The van der Waals surface area contributed by atoms with E-state index in [1.807, 2.05) is 0 Å². The van der Waals surface area contributed by atoms with Gasteiger partial charge in [0.25, 0.3) is 0 Å². The van der Waals surface area contributed by atoms with Crippen LogP contribution in [-0.4, -0.2) is 23.1 Å². The number of hydrogen-bond donors (Lipinski definition) is 0. The van der Waals surface area contributed by atoms with Crippen LogP contribution in [0.4, 0.5) is 0 Å². The summed E-state index contributed by atoms with van der Waals surface area (Å²) in [6.45, 7) is 10.5. The number of rotatable bonds is 2. The molecule has 1 aromatic carbocycles. The molecular formula is C12H17BrMg. The Hall–Kier alpha value is 0.466. The number of halogens is 1. The maximum atomic E-state index is 4.10. The quantitative estimate of drug-likeness (QED) is 0.521. The van der Waals surface area contributed by atoms with E-state index in [0.717, 1.165) is 6.42 Å². The van der Waals surface area contributed by atoms with Crippen LogP contribution in [0.1, 0.15) is 31.9 Å². The molecule has 0 aliphatic rings. The van der Waals surface area contributed by atoms with E-state index in [1.54, 1.807) is 0 Å². The van der Waals surface area contributed by atoms with Gasteiger partial charge in [0.1, 0.15) is 0 Å². The Morgan fingerprint density at radius 1 is 1.14 bits per heavy atom. The zero-order chi connectivity index (χ0) is 9.19. The van der Waals surface area contributed by atoms with Crippen molar-refractivity contribution in [2.24, 2.45) is 0 Å². The first-order chi connectivity index (χ1) is 5.54. The predicted octanol–water partition coefficient (Wildman–Crippen LogP) is -0.0161. The molecule has 0 unspecified atom stereocenters. The van der Waals surface area contributed by atoms with Crippen LogP contribution in [0.3, 0.4) is 0 Å². The molecule has 0 nitrogen and oxygen atoms in total. The molecule has 0 aliphatic carbocycles. The molecule has 0 aromatic heterocycles. The van der Waals surface area contributed by atoms with Crippen molar-refractivity contribution < 1.29 is 17.0 Å². The van der Waals surface area contributed by atoms with Gasteiger partial charge in [-0.05, 0) is 12.0 Å². The monoisotopic (exact) mass is 264 g/mol. The smallest absolute Gasteiger partial charge is 1.00 e. The Morgan fingerprint density at radius 3 is 1.86 bits per heavy atom. The summed E-state index contributed by atoms with van der Waals surface area (Å²) in [5, 5.41) is 0. The fraction of sp³-hybridized carbons (Fsp3) is 0.417. The molecule has 2 heteroatoms. The van der Waals surface area contributed by atoms with Crippen LogP contribution < -0.4 is 17.0 Å². The summed E-state index contributed by atoms with van der Waals surface area (Å²) >= 11 is 0. The molecule has 0 radical (unpaired) electrons. The minimum absolute atomic E-state index is 0. The normalized spacial score (nSPS) is 10.0. The van der Waals surface area contributed by atoms with Crippen molar-refractivity contribution in [2.45, 2.75) is 32.6 Å². The molecular weight excluding hydrogens is 248 g/mol. The van der Waals surface area contributed by atoms with E-state index in [-0.39, 0.29) is 45.4 Å². The summed E-state index contributed by atoms with van der Waals surface area (Å²) in [4.78, 5) is 0. The van der Waals surface area contributed by atoms with Gasteiger partial charge in [0, 0.05) is 0 Å². The van der Waals surface area contributed by atoms with Crippen LogP contribution in [0.2, 0.25) is 0 Å². The van der Waals surface area contributed by atoms with Gasteiger partial charge in [0.2, 0.25) is 0 Å². The van der Waals surface area contributed by atoms with Gasteiger partial charge in [-0.3, -0.25) is 0 Å². The fourth-order valence-corrected chi connectivity index (χ4v) is 1.19. The average molecular weight is 265 g/mol. The number of aryl methyl sites for hydroxylation is 1. The van der Waals surface area contributed by atoms with Gasteiger partial charge < -0.3 is 23.9 Å². The Kier molecular flexibility index (Phi) is 8.27. The Bertz CT molecular complexity index is 246. The zero-order valence-electron chi connectivity index (χ0n) is 9.31. The SMILES string of the molecule is [Br-].[CH2-]C(C)(C)c1ccc(CC)cc1.[Mg+2]. The molecule has 0 bridgehead atoms. The molecule has 1 aromatic rings. The topological polar surface area (TPSA) is 0 Å². The van der Waals surface area contributed by atoms with Crippen molar-refractivity contribution in [3.8, 4) is 0 Å². The van der Waals surface area contributed by atoms with Crippen LogP contribution in [0.5, 0.6) is 0 Å². The Morgan fingerprint density at radius 2 is 1.57 bits per heavy atom. The van der Waals surface area contributed by atoms with Gasteiger partial charge in [0.05, 0.1) is 0 Å². The third-order valence-electron chi connectivity index (χ3n) is 2.14. The Labute approximate surface area is 114 Å². The van der Waals surface area contributed by atoms with E-state index < -0.39 is 0 Å². The molecule has 0 aliphatic heterocycles. The minimum Gasteiger partial charge on any atom is -1.00 e. The van der Waals surface area contributed by atoms with Crippen molar-refractivity contribution in [2.75, 3.05) is 0 Å². The first-order valence-electron chi connectivity index (χ1n) is 4.49. The molecule has 0 spiro atoms. The second-order valence-corrected chi connectivity index (χ2v) is 3.93. The first kappa shape index (κ1) is 16.9.